The summed E-state index contributed by atoms with van der Waals surface area (Å²) in [4.78, 5) is 58.2. The molecule has 3 heterocycles. The number of ether oxygens (including phenoxy) is 1. The fourth-order valence-corrected chi connectivity index (χ4v) is 6.65. The Balaban J connectivity index is 1.51. The third-order valence-corrected chi connectivity index (χ3v) is 8.96. The lowest BCUT2D eigenvalue weighted by Gasteiger charge is -2.21. The number of fused-ring (bicyclic) bond motifs is 1. The van der Waals surface area contributed by atoms with E-state index in [9.17, 15) is 33.4 Å². The Morgan fingerprint density at radius 1 is 1.21 bits per heavy atom. The quantitative estimate of drug-likeness (QED) is 0.202. The Bertz CT molecular complexity index is 1280. The second-order valence-corrected chi connectivity index (χ2v) is 11.8. The van der Waals surface area contributed by atoms with Crippen molar-refractivity contribution in [2.45, 2.75) is 31.3 Å². The molecule has 1 spiro atoms. The minimum Gasteiger partial charge on any atom is -0.388 e. The number of nitrogen functional groups attached to an aromatic ring is 1. The lowest BCUT2D eigenvalue weighted by Crippen LogP contribution is -2.30. The van der Waals surface area contributed by atoms with Crippen molar-refractivity contribution in [3.63, 3.8) is 0 Å². The van der Waals surface area contributed by atoms with E-state index in [4.69, 9.17) is 20.3 Å². The van der Waals surface area contributed by atoms with Gasteiger partial charge in [0, 0.05) is 5.41 Å². The van der Waals surface area contributed by atoms with Gasteiger partial charge in [-0.25, -0.2) is 18.7 Å². The number of phosphoric ester groups is 1. The Kier molecular flexibility index (Phi) is 5.98. The van der Waals surface area contributed by atoms with Gasteiger partial charge in [0.1, 0.15) is 6.10 Å². The van der Waals surface area contributed by atoms with E-state index in [1.807, 2.05) is 0 Å². The molecule has 0 aromatic carbocycles. The number of H-pyrrole nitrogens is 1. The van der Waals surface area contributed by atoms with Crippen molar-refractivity contribution >= 4 is 40.6 Å². The molecule has 184 valence electrons. The molecule has 21 heteroatoms. The number of hydrogen-bond donors (Lipinski definition) is 7. The first-order valence-electron chi connectivity index (χ1n) is 8.97. The van der Waals surface area contributed by atoms with Crippen LogP contribution in [0.3, 0.4) is 0 Å². The van der Waals surface area contributed by atoms with Gasteiger partial charge in [-0.3, -0.25) is 18.9 Å². The van der Waals surface area contributed by atoms with Gasteiger partial charge in [-0.05, 0) is 12.8 Å². The van der Waals surface area contributed by atoms with E-state index in [0.29, 0.717) is 12.8 Å². The van der Waals surface area contributed by atoms with Gasteiger partial charge in [0.2, 0.25) is 5.95 Å². The van der Waals surface area contributed by atoms with Crippen molar-refractivity contribution in [1.82, 2.24) is 19.5 Å². The van der Waals surface area contributed by atoms with Gasteiger partial charge < -0.3 is 35.2 Å². The Morgan fingerprint density at radius 3 is 2.48 bits per heavy atom. The summed E-state index contributed by atoms with van der Waals surface area (Å²) in [5, 5.41) is 10.8. The number of aromatic amines is 1. The normalized spacial score (nSPS) is 28.1. The van der Waals surface area contributed by atoms with Gasteiger partial charge in [-0.2, -0.15) is 13.6 Å². The summed E-state index contributed by atoms with van der Waals surface area (Å²) in [6, 6.07) is 0. The van der Waals surface area contributed by atoms with Gasteiger partial charge in [0.05, 0.1) is 19.0 Å². The molecule has 1 saturated carbocycles. The van der Waals surface area contributed by atoms with Crippen LogP contribution >= 0.6 is 23.5 Å². The maximum Gasteiger partial charge on any atom is 0.490 e. The van der Waals surface area contributed by atoms with E-state index in [1.54, 1.807) is 0 Å². The largest absolute Gasteiger partial charge is 0.490 e. The van der Waals surface area contributed by atoms with Crippen molar-refractivity contribution in [3.8, 4) is 0 Å². The number of imidazole rings is 1. The lowest BCUT2D eigenvalue weighted by molar-refractivity contribution is -0.0488. The molecule has 2 aliphatic rings. The van der Waals surface area contributed by atoms with Crippen molar-refractivity contribution in [1.29, 1.82) is 0 Å². The summed E-state index contributed by atoms with van der Waals surface area (Å²) in [6.07, 6.45) is -1.30. The SMILES string of the molecule is Nc1nc2c(ncn2[C@@H]2O[C@H](COP(=O)(O)OP(=O)(O)OP(=O)(O)O)C3(CC3)[C@H]2O)c(=O)[nH]1. The molecule has 0 bridgehead atoms. The van der Waals surface area contributed by atoms with Crippen LogP contribution in [0.5, 0.6) is 0 Å². The first-order chi connectivity index (χ1) is 15.1. The predicted molar refractivity (Wildman–Crippen MR) is 104 cm³/mol. The van der Waals surface area contributed by atoms with Crippen LogP contribution in [-0.4, -0.2) is 63.0 Å². The summed E-state index contributed by atoms with van der Waals surface area (Å²) in [7, 11) is -16.6. The van der Waals surface area contributed by atoms with Gasteiger partial charge >= 0.3 is 23.5 Å². The first-order valence-corrected chi connectivity index (χ1v) is 13.5. The number of aromatic nitrogens is 4. The minimum absolute atomic E-state index is 0.0182. The average molecular weight is 533 g/mol. The summed E-state index contributed by atoms with van der Waals surface area (Å²) < 4.78 is 53.1. The molecule has 33 heavy (non-hydrogen) atoms. The van der Waals surface area contributed by atoms with E-state index in [2.05, 4.69) is 28.1 Å². The molecule has 18 nitrogen and oxygen atoms in total. The van der Waals surface area contributed by atoms with E-state index >= 15 is 0 Å². The summed E-state index contributed by atoms with van der Waals surface area (Å²) in [5.41, 5.74) is 3.97. The van der Waals surface area contributed by atoms with E-state index in [1.165, 1.54) is 10.9 Å². The van der Waals surface area contributed by atoms with Crippen LogP contribution in [0, 0.1) is 5.41 Å². The number of nitrogens with two attached hydrogens (primary N) is 1. The zero-order valence-electron chi connectivity index (χ0n) is 16.2. The lowest BCUT2D eigenvalue weighted by atomic mass is 9.95. The molecule has 0 amide bonds. The molecule has 2 unspecified atom stereocenters. The number of aliphatic hydroxyl groups is 1. The fourth-order valence-electron chi connectivity index (χ4n) is 3.63. The van der Waals surface area contributed by atoms with Gasteiger partial charge in [0.15, 0.2) is 17.4 Å². The summed E-state index contributed by atoms with van der Waals surface area (Å²) in [5.74, 6) is -0.202. The Labute approximate surface area is 182 Å². The number of aliphatic hydroxyl groups excluding tert-OH is 1. The van der Waals surface area contributed by atoms with Crippen molar-refractivity contribution in [3.05, 3.63) is 16.7 Å². The highest BCUT2D eigenvalue weighted by Crippen LogP contribution is 2.67. The predicted octanol–water partition coefficient (Wildman–Crippen LogP) is -0.916. The van der Waals surface area contributed by atoms with Crippen LogP contribution in [0.4, 0.5) is 5.95 Å². The number of rotatable bonds is 8. The van der Waals surface area contributed by atoms with Crippen molar-refractivity contribution < 1.29 is 56.3 Å². The molecule has 2 fully saturated rings. The fraction of sp³-hybridized carbons (Fsp3) is 0.583. The molecule has 1 aliphatic carbocycles. The maximum atomic E-state index is 12.0. The molecular weight excluding hydrogens is 515 g/mol. The molecular formula is C12H18N5O13P3. The highest BCUT2D eigenvalue weighted by molar-refractivity contribution is 7.66. The molecule has 1 aliphatic heterocycles. The second kappa shape index (κ2) is 8.02. The highest BCUT2D eigenvalue weighted by atomic mass is 31.3. The molecule has 8 N–H and O–H groups in total. The zero-order valence-corrected chi connectivity index (χ0v) is 18.9. The summed E-state index contributed by atoms with van der Waals surface area (Å²) in [6.45, 7) is -0.722. The third-order valence-electron chi connectivity index (χ3n) is 5.16. The number of phosphoric acid groups is 3. The Morgan fingerprint density at radius 2 is 1.88 bits per heavy atom. The van der Waals surface area contributed by atoms with E-state index in [0.717, 1.165) is 0 Å². The van der Waals surface area contributed by atoms with Crippen molar-refractivity contribution in [2.24, 2.45) is 5.41 Å². The first kappa shape index (κ1) is 24.6. The molecule has 2 aromatic rings. The van der Waals surface area contributed by atoms with Crippen LogP contribution in [0.15, 0.2) is 11.1 Å². The van der Waals surface area contributed by atoms with Gasteiger partial charge in [0.25, 0.3) is 5.56 Å². The maximum absolute atomic E-state index is 12.0. The topological polar surface area (TPSA) is 279 Å². The Hall–Kier alpha value is -1.52. The molecule has 2 aromatic heterocycles. The molecule has 0 radical (unpaired) electrons. The highest BCUT2D eigenvalue weighted by Gasteiger charge is 2.64. The zero-order chi connectivity index (χ0) is 24.4. The minimum atomic E-state index is -5.67. The number of nitrogens with one attached hydrogen (secondary N) is 1. The number of nitrogens with zero attached hydrogens (tertiary/aromatic N) is 3. The number of hydrogen-bond acceptors (Lipinski definition) is 12. The van der Waals surface area contributed by atoms with Crippen molar-refractivity contribution in [2.75, 3.05) is 12.3 Å². The smallest absolute Gasteiger partial charge is 0.388 e. The van der Waals surface area contributed by atoms with Crippen LogP contribution < -0.4 is 11.3 Å². The third kappa shape index (κ3) is 4.98. The van der Waals surface area contributed by atoms with Gasteiger partial charge in [-0.1, -0.05) is 0 Å². The van der Waals surface area contributed by atoms with Crippen LogP contribution in [-0.2, 0) is 31.6 Å². The summed E-state index contributed by atoms with van der Waals surface area (Å²) >= 11 is 0. The number of anilines is 1. The van der Waals surface area contributed by atoms with E-state index < -0.39 is 59.5 Å². The molecule has 4 rings (SSSR count). The molecule has 5 atom stereocenters. The van der Waals surface area contributed by atoms with Gasteiger partial charge in [-0.15, -0.1) is 0 Å². The van der Waals surface area contributed by atoms with E-state index in [-0.39, 0.29) is 17.1 Å². The van der Waals surface area contributed by atoms with Crippen LogP contribution in [0.1, 0.15) is 19.1 Å². The average Bonchev–Trinajstić information content (AvgIpc) is 3.25. The second-order valence-electron chi connectivity index (χ2n) is 7.36. The standard InChI is InChI=1S/C12H18N5O13P3/c13-11-15-8-6(9(19)16-11)14-4-17(8)10-7(18)12(1-2-12)5(28-10)3-27-32(23,24)30-33(25,26)29-31(20,21)22/h4-5,7,10,18H,1-3H2,(H,23,24)(H,25,26)(H2,20,21,22)(H3,13,15,16,19)/t5-,7+,10-/m1/s1. The molecule has 1 saturated heterocycles. The van der Waals surface area contributed by atoms with Crippen LogP contribution in [0.25, 0.3) is 11.2 Å². The monoisotopic (exact) mass is 533 g/mol. The van der Waals surface area contributed by atoms with Crippen LogP contribution in [0.2, 0.25) is 0 Å².